The van der Waals surface area contributed by atoms with Gasteiger partial charge in [0.15, 0.2) is 0 Å². The highest BCUT2D eigenvalue weighted by Gasteiger charge is 2.35. The third kappa shape index (κ3) is 3.47. The molecule has 0 bridgehead atoms. The predicted molar refractivity (Wildman–Crippen MR) is 113 cm³/mol. The second-order valence-corrected chi connectivity index (χ2v) is 7.82. The van der Waals surface area contributed by atoms with E-state index in [-0.39, 0.29) is 23.5 Å². The van der Waals surface area contributed by atoms with Crippen molar-refractivity contribution in [2.45, 2.75) is 51.5 Å². The predicted octanol–water partition coefficient (Wildman–Crippen LogP) is 5.31. The fourth-order valence-corrected chi connectivity index (χ4v) is 4.41. The molecule has 1 aromatic heterocycles. The average molecular weight is 374 g/mol. The van der Waals surface area contributed by atoms with E-state index < -0.39 is 0 Å². The third-order valence-electron chi connectivity index (χ3n) is 5.77. The maximum atomic E-state index is 11.7. The molecule has 0 amide bonds. The van der Waals surface area contributed by atoms with Crippen LogP contribution < -0.4 is 5.32 Å². The summed E-state index contributed by atoms with van der Waals surface area (Å²) >= 11 is 0. The van der Waals surface area contributed by atoms with Crippen LogP contribution in [0, 0.1) is 0 Å². The van der Waals surface area contributed by atoms with Gasteiger partial charge in [-0.15, -0.1) is 0 Å². The number of nitrogens with one attached hydrogen (secondary N) is 2. The van der Waals surface area contributed by atoms with Crippen LogP contribution in [0.2, 0.25) is 0 Å². The number of anilines is 1. The Bertz CT molecular complexity index is 1030. The van der Waals surface area contributed by atoms with Crippen molar-refractivity contribution >= 4 is 28.2 Å². The zero-order chi connectivity index (χ0) is 19.7. The first-order valence-electron chi connectivity index (χ1n) is 9.98. The van der Waals surface area contributed by atoms with Crippen molar-refractivity contribution in [1.82, 2.24) is 4.98 Å². The SMILES string of the molecule is CC(=O)CCc1c(C2Nc3ccccc3C2CCC(C)=O)[nH]c2ccccc12. The highest BCUT2D eigenvalue weighted by atomic mass is 16.1. The van der Waals surface area contributed by atoms with Gasteiger partial charge in [0.25, 0.3) is 0 Å². The molecule has 3 aromatic rings. The van der Waals surface area contributed by atoms with Gasteiger partial charge in [0, 0.05) is 41.0 Å². The Morgan fingerprint density at radius 3 is 2.43 bits per heavy atom. The molecule has 144 valence electrons. The lowest BCUT2D eigenvalue weighted by Gasteiger charge is -2.21. The maximum absolute atomic E-state index is 11.7. The molecule has 28 heavy (non-hydrogen) atoms. The van der Waals surface area contributed by atoms with Crippen molar-refractivity contribution in [2.24, 2.45) is 0 Å². The van der Waals surface area contributed by atoms with Crippen LogP contribution in [-0.4, -0.2) is 16.6 Å². The third-order valence-corrected chi connectivity index (χ3v) is 5.77. The number of fused-ring (bicyclic) bond motifs is 2. The van der Waals surface area contributed by atoms with Crippen LogP contribution >= 0.6 is 0 Å². The number of carbonyl (C=O) groups excluding carboxylic acids is 2. The van der Waals surface area contributed by atoms with Crippen molar-refractivity contribution in [2.75, 3.05) is 5.32 Å². The van der Waals surface area contributed by atoms with E-state index in [2.05, 4.69) is 40.6 Å². The molecule has 2 atom stereocenters. The summed E-state index contributed by atoms with van der Waals surface area (Å²) in [6.07, 6.45) is 2.64. The average Bonchev–Trinajstić information content (AvgIpc) is 3.22. The quantitative estimate of drug-likeness (QED) is 0.589. The topological polar surface area (TPSA) is 62.0 Å². The molecule has 0 spiro atoms. The van der Waals surface area contributed by atoms with Gasteiger partial charge in [-0.1, -0.05) is 36.4 Å². The van der Waals surface area contributed by atoms with E-state index in [0.29, 0.717) is 12.8 Å². The summed E-state index contributed by atoms with van der Waals surface area (Å²) in [5.41, 5.74) is 5.86. The van der Waals surface area contributed by atoms with Crippen molar-refractivity contribution in [3.63, 3.8) is 0 Å². The van der Waals surface area contributed by atoms with Crippen molar-refractivity contribution in [3.8, 4) is 0 Å². The minimum atomic E-state index is 0.0751. The zero-order valence-corrected chi connectivity index (χ0v) is 16.4. The molecule has 1 aliphatic rings. The van der Waals surface area contributed by atoms with E-state index in [9.17, 15) is 9.59 Å². The number of H-pyrrole nitrogens is 1. The van der Waals surface area contributed by atoms with Gasteiger partial charge in [0.2, 0.25) is 0 Å². The summed E-state index contributed by atoms with van der Waals surface area (Å²) < 4.78 is 0. The molecular formula is C24H26N2O2. The van der Waals surface area contributed by atoms with Gasteiger partial charge in [0.1, 0.15) is 11.6 Å². The molecule has 0 fully saturated rings. The lowest BCUT2D eigenvalue weighted by atomic mass is 9.86. The van der Waals surface area contributed by atoms with Crippen LogP contribution in [-0.2, 0) is 16.0 Å². The second-order valence-electron chi connectivity index (χ2n) is 7.82. The molecular weight excluding hydrogens is 348 g/mol. The summed E-state index contributed by atoms with van der Waals surface area (Å²) in [6.45, 7) is 3.30. The number of hydrogen-bond donors (Lipinski definition) is 2. The number of rotatable bonds is 7. The van der Waals surface area contributed by atoms with E-state index in [1.165, 1.54) is 16.5 Å². The number of Topliss-reactive ketones (excluding diaryl/α,β-unsaturated/α-hetero) is 2. The van der Waals surface area contributed by atoms with Crippen molar-refractivity contribution in [1.29, 1.82) is 0 Å². The van der Waals surface area contributed by atoms with Crippen LogP contribution in [0.15, 0.2) is 48.5 Å². The first kappa shape index (κ1) is 18.5. The van der Waals surface area contributed by atoms with Crippen molar-refractivity contribution < 1.29 is 9.59 Å². The smallest absolute Gasteiger partial charge is 0.130 e. The van der Waals surface area contributed by atoms with Gasteiger partial charge >= 0.3 is 0 Å². The van der Waals surface area contributed by atoms with E-state index in [0.717, 1.165) is 29.7 Å². The highest BCUT2D eigenvalue weighted by Crippen LogP contribution is 2.47. The number of aryl methyl sites for hydroxylation is 1. The molecule has 1 aliphatic heterocycles. The first-order chi connectivity index (χ1) is 13.5. The van der Waals surface area contributed by atoms with E-state index in [1.807, 2.05) is 18.2 Å². The van der Waals surface area contributed by atoms with Gasteiger partial charge in [-0.25, -0.2) is 0 Å². The Morgan fingerprint density at radius 1 is 0.929 bits per heavy atom. The van der Waals surface area contributed by atoms with Gasteiger partial charge in [-0.2, -0.15) is 0 Å². The first-order valence-corrected chi connectivity index (χ1v) is 9.98. The van der Waals surface area contributed by atoms with Crippen LogP contribution in [0.25, 0.3) is 10.9 Å². The van der Waals surface area contributed by atoms with E-state index in [4.69, 9.17) is 0 Å². The molecule has 2 heterocycles. The van der Waals surface area contributed by atoms with Crippen LogP contribution in [0.1, 0.15) is 61.9 Å². The number of hydrogen-bond acceptors (Lipinski definition) is 3. The number of carbonyl (C=O) groups is 2. The number of aromatic nitrogens is 1. The van der Waals surface area contributed by atoms with Gasteiger partial charge in [-0.3, -0.25) is 0 Å². The number of para-hydroxylation sites is 2. The monoisotopic (exact) mass is 374 g/mol. The maximum Gasteiger partial charge on any atom is 0.130 e. The minimum Gasteiger partial charge on any atom is -0.376 e. The minimum absolute atomic E-state index is 0.0751. The van der Waals surface area contributed by atoms with Crippen LogP contribution in [0.3, 0.4) is 0 Å². The van der Waals surface area contributed by atoms with E-state index >= 15 is 0 Å². The Hall–Kier alpha value is -2.88. The Kier molecular flexibility index (Phi) is 5.03. The standard InChI is InChI=1S/C24H26N2O2/c1-15(27)11-13-19-17-7-3-5-9-21(17)25-23(19)24-20(14-12-16(2)28)18-8-4-6-10-22(18)26-24/h3-10,19,23,25-26H,11-14H2,1-2H3. The zero-order valence-electron chi connectivity index (χ0n) is 16.4. The second kappa shape index (κ2) is 7.63. The van der Waals surface area contributed by atoms with Gasteiger partial charge < -0.3 is 19.9 Å². The number of aromatic amines is 1. The largest absolute Gasteiger partial charge is 0.376 e. The molecule has 0 radical (unpaired) electrons. The highest BCUT2D eigenvalue weighted by molar-refractivity contribution is 5.86. The van der Waals surface area contributed by atoms with Crippen LogP contribution in [0.5, 0.6) is 0 Å². The van der Waals surface area contributed by atoms with Gasteiger partial charge in [0.05, 0.1) is 6.04 Å². The summed E-state index contributed by atoms with van der Waals surface area (Å²) in [5, 5.41) is 4.87. The fourth-order valence-electron chi connectivity index (χ4n) is 4.41. The Morgan fingerprint density at radius 2 is 1.64 bits per heavy atom. The Labute approximate surface area is 165 Å². The fraction of sp³-hybridized carbons (Fsp3) is 0.333. The molecule has 4 heteroatoms. The number of benzene rings is 2. The Balaban J connectivity index is 1.78. The lowest BCUT2D eigenvalue weighted by Crippen LogP contribution is -2.15. The van der Waals surface area contributed by atoms with Crippen LogP contribution in [0.4, 0.5) is 5.69 Å². The molecule has 2 N–H and O–H groups in total. The van der Waals surface area contributed by atoms with E-state index in [1.54, 1.807) is 13.8 Å². The molecule has 2 aromatic carbocycles. The molecule has 0 saturated heterocycles. The summed E-state index contributed by atoms with van der Waals surface area (Å²) in [5.74, 6) is 0.646. The molecule has 4 rings (SSSR count). The molecule has 0 aliphatic carbocycles. The number of ketones is 2. The van der Waals surface area contributed by atoms with Gasteiger partial charge in [-0.05, 0) is 49.9 Å². The lowest BCUT2D eigenvalue weighted by molar-refractivity contribution is -0.117. The summed E-state index contributed by atoms with van der Waals surface area (Å²) in [6, 6.07) is 16.7. The molecule has 0 saturated carbocycles. The summed E-state index contributed by atoms with van der Waals surface area (Å²) in [7, 11) is 0. The molecule has 2 unspecified atom stereocenters. The summed E-state index contributed by atoms with van der Waals surface area (Å²) in [4.78, 5) is 27.0. The normalized spacial score (nSPS) is 18.1. The molecule has 4 nitrogen and oxygen atoms in total. The van der Waals surface area contributed by atoms with Crippen molar-refractivity contribution in [3.05, 3.63) is 65.4 Å².